The SMILES string of the molecule is CCOc1ccc(NC(=O)C2(c3ccccc3Cl)CCOCC2)cc1C#N. The number of nitrogens with zero attached hydrogens (tertiary/aromatic N) is 1. The molecule has 0 bridgehead atoms. The van der Waals surface area contributed by atoms with Gasteiger partial charge in [0.2, 0.25) is 5.91 Å². The van der Waals surface area contributed by atoms with Gasteiger partial charge in [-0.15, -0.1) is 0 Å². The fraction of sp³-hybridized carbons (Fsp3) is 0.333. The summed E-state index contributed by atoms with van der Waals surface area (Å²) in [5.74, 6) is 0.358. The molecule has 2 aromatic carbocycles. The molecule has 27 heavy (non-hydrogen) atoms. The molecule has 1 heterocycles. The Kier molecular flexibility index (Phi) is 6.00. The van der Waals surface area contributed by atoms with Crippen molar-refractivity contribution in [3.05, 3.63) is 58.6 Å². The number of rotatable bonds is 5. The number of halogens is 1. The average Bonchev–Trinajstić information content (AvgIpc) is 2.70. The molecular formula is C21H21ClN2O3. The van der Waals surface area contributed by atoms with E-state index in [2.05, 4.69) is 11.4 Å². The number of nitrogens with one attached hydrogen (secondary N) is 1. The van der Waals surface area contributed by atoms with E-state index in [4.69, 9.17) is 21.1 Å². The largest absolute Gasteiger partial charge is 0.492 e. The molecule has 5 nitrogen and oxygen atoms in total. The smallest absolute Gasteiger partial charge is 0.235 e. The second-order valence-electron chi connectivity index (χ2n) is 6.38. The molecule has 140 valence electrons. The van der Waals surface area contributed by atoms with E-state index in [1.165, 1.54) is 0 Å². The summed E-state index contributed by atoms with van der Waals surface area (Å²) in [6.45, 7) is 3.31. The zero-order valence-corrected chi connectivity index (χ0v) is 15.9. The van der Waals surface area contributed by atoms with Crippen LogP contribution < -0.4 is 10.1 Å². The van der Waals surface area contributed by atoms with Crippen LogP contribution in [0.25, 0.3) is 0 Å². The highest BCUT2D eigenvalue weighted by Crippen LogP contribution is 2.39. The summed E-state index contributed by atoms with van der Waals surface area (Å²) in [4.78, 5) is 13.3. The maximum absolute atomic E-state index is 13.3. The fourth-order valence-electron chi connectivity index (χ4n) is 3.42. The van der Waals surface area contributed by atoms with E-state index in [-0.39, 0.29) is 5.91 Å². The maximum atomic E-state index is 13.3. The molecule has 0 aliphatic carbocycles. The third-order valence-corrected chi connectivity index (χ3v) is 5.16. The van der Waals surface area contributed by atoms with Gasteiger partial charge < -0.3 is 14.8 Å². The second kappa shape index (κ2) is 8.43. The van der Waals surface area contributed by atoms with Gasteiger partial charge in [0.05, 0.1) is 17.6 Å². The first-order valence-electron chi connectivity index (χ1n) is 8.92. The number of benzene rings is 2. The van der Waals surface area contributed by atoms with Crippen LogP contribution in [-0.2, 0) is 14.9 Å². The van der Waals surface area contributed by atoms with Crippen LogP contribution in [0, 0.1) is 11.3 Å². The average molecular weight is 385 g/mol. The molecule has 0 radical (unpaired) electrons. The summed E-state index contributed by atoms with van der Waals surface area (Å²) in [5, 5.41) is 12.9. The number of carbonyl (C=O) groups excluding carboxylic acids is 1. The Hall–Kier alpha value is -2.55. The Morgan fingerprint density at radius 3 is 2.70 bits per heavy atom. The number of hydrogen-bond acceptors (Lipinski definition) is 4. The molecular weight excluding hydrogens is 364 g/mol. The van der Waals surface area contributed by atoms with Crippen LogP contribution in [0.1, 0.15) is 30.9 Å². The van der Waals surface area contributed by atoms with E-state index in [0.29, 0.717) is 54.7 Å². The van der Waals surface area contributed by atoms with Crippen molar-refractivity contribution in [1.82, 2.24) is 0 Å². The van der Waals surface area contributed by atoms with Gasteiger partial charge in [0.1, 0.15) is 11.8 Å². The quantitative estimate of drug-likeness (QED) is 0.834. The zero-order chi connectivity index (χ0) is 19.3. The van der Waals surface area contributed by atoms with Crippen LogP contribution >= 0.6 is 11.6 Å². The molecule has 6 heteroatoms. The predicted octanol–water partition coefficient (Wildman–Crippen LogP) is 4.30. The lowest BCUT2D eigenvalue weighted by Gasteiger charge is -2.36. The number of nitriles is 1. The Morgan fingerprint density at radius 2 is 2.04 bits per heavy atom. The molecule has 1 N–H and O–H groups in total. The van der Waals surface area contributed by atoms with Crippen LogP contribution in [0.15, 0.2) is 42.5 Å². The molecule has 0 saturated carbocycles. The Bertz CT molecular complexity index is 870. The van der Waals surface area contributed by atoms with Gasteiger partial charge in [-0.25, -0.2) is 0 Å². The van der Waals surface area contributed by atoms with E-state index in [0.717, 1.165) is 5.56 Å². The second-order valence-corrected chi connectivity index (χ2v) is 6.79. The van der Waals surface area contributed by atoms with E-state index in [1.54, 1.807) is 24.3 Å². The van der Waals surface area contributed by atoms with Crippen LogP contribution in [0.4, 0.5) is 5.69 Å². The predicted molar refractivity (Wildman–Crippen MR) is 104 cm³/mol. The summed E-state index contributed by atoms with van der Waals surface area (Å²) in [6.07, 6.45) is 1.09. The van der Waals surface area contributed by atoms with Gasteiger partial charge in [-0.2, -0.15) is 5.26 Å². The normalized spacial score (nSPS) is 15.6. The minimum absolute atomic E-state index is 0.146. The van der Waals surface area contributed by atoms with Crippen LogP contribution in [0.2, 0.25) is 5.02 Å². The minimum Gasteiger partial charge on any atom is -0.492 e. The first-order chi connectivity index (χ1) is 13.1. The summed E-state index contributed by atoms with van der Waals surface area (Å²) in [7, 11) is 0. The number of amides is 1. The summed E-state index contributed by atoms with van der Waals surface area (Å²) in [5.41, 5.74) is 0.979. The van der Waals surface area contributed by atoms with Crippen molar-refractivity contribution in [3.63, 3.8) is 0 Å². The van der Waals surface area contributed by atoms with Crippen molar-refractivity contribution in [2.45, 2.75) is 25.2 Å². The first-order valence-corrected chi connectivity index (χ1v) is 9.29. The highest BCUT2D eigenvalue weighted by atomic mass is 35.5. The van der Waals surface area contributed by atoms with E-state index < -0.39 is 5.41 Å². The van der Waals surface area contributed by atoms with Crippen molar-refractivity contribution in [3.8, 4) is 11.8 Å². The number of ether oxygens (including phenoxy) is 2. The third-order valence-electron chi connectivity index (χ3n) is 4.83. The van der Waals surface area contributed by atoms with Crippen LogP contribution in [0.5, 0.6) is 5.75 Å². The highest BCUT2D eigenvalue weighted by Gasteiger charge is 2.43. The standard InChI is InChI=1S/C21H21ClN2O3/c1-2-27-19-8-7-16(13-15(19)14-23)24-20(25)21(9-11-26-12-10-21)17-5-3-4-6-18(17)22/h3-8,13H,2,9-12H2,1H3,(H,24,25). The van der Waals surface area contributed by atoms with Crippen molar-refractivity contribution >= 4 is 23.2 Å². The third kappa shape index (κ3) is 3.92. The maximum Gasteiger partial charge on any atom is 0.235 e. The molecule has 0 atom stereocenters. The van der Waals surface area contributed by atoms with E-state index >= 15 is 0 Å². The number of carbonyl (C=O) groups is 1. The number of hydrogen-bond donors (Lipinski definition) is 1. The summed E-state index contributed by atoms with van der Waals surface area (Å²) < 4.78 is 10.9. The minimum atomic E-state index is -0.762. The first kappa shape index (κ1) is 19.2. The molecule has 0 aromatic heterocycles. The van der Waals surface area contributed by atoms with Crippen LogP contribution in [0.3, 0.4) is 0 Å². The Balaban J connectivity index is 1.92. The molecule has 1 fully saturated rings. The van der Waals surface area contributed by atoms with Gasteiger partial charge in [-0.3, -0.25) is 4.79 Å². The molecule has 0 unspecified atom stereocenters. The van der Waals surface area contributed by atoms with Gasteiger partial charge in [-0.05, 0) is 49.6 Å². The Labute approximate surface area is 163 Å². The molecule has 1 aliphatic heterocycles. The van der Waals surface area contributed by atoms with Crippen molar-refractivity contribution in [2.24, 2.45) is 0 Å². The molecule has 0 spiro atoms. The van der Waals surface area contributed by atoms with Gasteiger partial charge in [-0.1, -0.05) is 29.8 Å². The molecule has 2 aromatic rings. The van der Waals surface area contributed by atoms with E-state index in [9.17, 15) is 10.1 Å². The lowest BCUT2D eigenvalue weighted by molar-refractivity contribution is -0.125. The van der Waals surface area contributed by atoms with Crippen molar-refractivity contribution in [2.75, 3.05) is 25.1 Å². The fourth-order valence-corrected chi connectivity index (χ4v) is 3.73. The monoisotopic (exact) mass is 384 g/mol. The summed E-state index contributed by atoms with van der Waals surface area (Å²) in [6, 6.07) is 14.6. The summed E-state index contributed by atoms with van der Waals surface area (Å²) >= 11 is 6.42. The van der Waals surface area contributed by atoms with Crippen molar-refractivity contribution in [1.29, 1.82) is 5.26 Å². The highest BCUT2D eigenvalue weighted by molar-refractivity contribution is 6.31. The number of anilines is 1. The lowest BCUT2D eigenvalue weighted by Crippen LogP contribution is -2.45. The topological polar surface area (TPSA) is 71.3 Å². The molecule has 1 saturated heterocycles. The molecule has 1 amide bonds. The van der Waals surface area contributed by atoms with Crippen LogP contribution in [-0.4, -0.2) is 25.7 Å². The van der Waals surface area contributed by atoms with E-state index in [1.807, 2.05) is 25.1 Å². The van der Waals surface area contributed by atoms with Gasteiger partial charge in [0, 0.05) is 23.9 Å². The van der Waals surface area contributed by atoms with Gasteiger partial charge in [0.25, 0.3) is 0 Å². The Morgan fingerprint density at radius 1 is 1.30 bits per heavy atom. The lowest BCUT2D eigenvalue weighted by atomic mass is 9.73. The molecule has 3 rings (SSSR count). The van der Waals surface area contributed by atoms with Crippen molar-refractivity contribution < 1.29 is 14.3 Å². The van der Waals surface area contributed by atoms with Gasteiger partial charge >= 0.3 is 0 Å². The zero-order valence-electron chi connectivity index (χ0n) is 15.1. The molecule has 1 aliphatic rings. The van der Waals surface area contributed by atoms with Gasteiger partial charge in [0.15, 0.2) is 0 Å².